The maximum Gasteiger partial charge on any atom is 0.268 e. The van der Waals surface area contributed by atoms with Crippen molar-refractivity contribution in [1.82, 2.24) is 3.97 Å². The van der Waals surface area contributed by atoms with Gasteiger partial charge in [0.15, 0.2) is 0 Å². The van der Waals surface area contributed by atoms with Crippen LogP contribution >= 0.6 is 0 Å². The van der Waals surface area contributed by atoms with Gasteiger partial charge in [0.05, 0.1) is 17.5 Å². The minimum atomic E-state index is -3.75. The van der Waals surface area contributed by atoms with Crippen molar-refractivity contribution in [3.8, 4) is 16.9 Å². The molecule has 0 radical (unpaired) electrons. The molecule has 0 spiro atoms. The first-order valence-electron chi connectivity index (χ1n) is 13.6. The fourth-order valence-electron chi connectivity index (χ4n) is 5.02. The Hall–Kier alpha value is -3.05. The molecule has 196 valence electrons. The van der Waals surface area contributed by atoms with Crippen LogP contribution in [0.15, 0.2) is 77.7 Å². The van der Waals surface area contributed by atoms with Gasteiger partial charge in [0.1, 0.15) is 5.75 Å². The lowest BCUT2D eigenvalue weighted by molar-refractivity contribution is 0.415. The average Bonchev–Trinajstić information content (AvgIpc) is 3.30. The Kier molecular flexibility index (Phi) is 9.09. The summed E-state index contributed by atoms with van der Waals surface area (Å²) in [7, 11) is -2.09. The summed E-state index contributed by atoms with van der Waals surface area (Å²) < 4.78 is 35.0. The predicted molar refractivity (Wildman–Crippen MR) is 154 cm³/mol. The van der Waals surface area contributed by atoms with Gasteiger partial charge >= 0.3 is 0 Å². The number of aryl methyl sites for hydroxylation is 2. The second kappa shape index (κ2) is 12.5. The van der Waals surface area contributed by atoms with E-state index in [-0.39, 0.29) is 0 Å². The zero-order valence-corrected chi connectivity index (χ0v) is 23.2. The van der Waals surface area contributed by atoms with Crippen LogP contribution in [0.2, 0.25) is 0 Å². The van der Waals surface area contributed by atoms with Crippen LogP contribution in [0.5, 0.6) is 5.75 Å². The normalized spacial score (nSPS) is 11.8. The van der Waals surface area contributed by atoms with Crippen molar-refractivity contribution in [1.29, 1.82) is 0 Å². The predicted octanol–water partition coefficient (Wildman–Crippen LogP) is 8.55. The van der Waals surface area contributed by atoms with Crippen molar-refractivity contribution in [3.63, 3.8) is 0 Å². The van der Waals surface area contributed by atoms with E-state index in [1.54, 1.807) is 23.2 Å². The highest BCUT2D eigenvalue weighted by molar-refractivity contribution is 7.90. The number of ether oxygens (including phenoxy) is 1. The summed E-state index contributed by atoms with van der Waals surface area (Å²) in [6.45, 7) is 4.21. The summed E-state index contributed by atoms with van der Waals surface area (Å²) in [5, 5.41) is 0.945. The molecule has 0 amide bonds. The lowest BCUT2D eigenvalue weighted by atomic mass is 10.0. The number of nitrogens with zero attached hydrogens (tertiary/aromatic N) is 1. The maximum absolute atomic E-state index is 14.0. The first-order valence-corrected chi connectivity index (χ1v) is 15.0. The lowest BCUT2D eigenvalue weighted by Crippen LogP contribution is -2.15. The van der Waals surface area contributed by atoms with Crippen molar-refractivity contribution in [3.05, 3.63) is 84.1 Å². The van der Waals surface area contributed by atoms with E-state index >= 15 is 0 Å². The molecule has 0 saturated carbocycles. The Labute approximate surface area is 222 Å². The SMILES string of the molecule is CCCCCCCCCCc1cc2c(-c3cccc(OC)c3)cccc2n1S(=O)(=O)c1ccc(C)cc1. The molecule has 0 aliphatic heterocycles. The number of hydrogen-bond donors (Lipinski definition) is 0. The molecule has 37 heavy (non-hydrogen) atoms. The average molecular weight is 518 g/mol. The van der Waals surface area contributed by atoms with Crippen LogP contribution in [0.1, 0.15) is 69.5 Å². The van der Waals surface area contributed by atoms with Crippen LogP contribution in [-0.2, 0) is 16.4 Å². The third-order valence-electron chi connectivity index (χ3n) is 7.10. The van der Waals surface area contributed by atoms with E-state index < -0.39 is 10.0 Å². The minimum Gasteiger partial charge on any atom is -0.497 e. The van der Waals surface area contributed by atoms with Crippen molar-refractivity contribution in [2.24, 2.45) is 0 Å². The van der Waals surface area contributed by atoms with Crippen molar-refractivity contribution in [2.75, 3.05) is 7.11 Å². The highest BCUT2D eigenvalue weighted by atomic mass is 32.2. The van der Waals surface area contributed by atoms with Gasteiger partial charge in [-0.15, -0.1) is 0 Å². The second-order valence-electron chi connectivity index (χ2n) is 9.91. The minimum absolute atomic E-state index is 0.319. The van der Waals surface area contributed by atoms with Crippen molar-refractivity contribution in [2.45, 2.75) is 76.5 Å². The zero-order chi connectivity index (χ0) is 26.3. The van der Waals surface area contributed by atoms with Gasteiger partial charge in [-0.05, 0) is 67.3 Å². The van der Waals surface area contributed by atoms with Crippen LogP contribution in [-0.4, -0.2) is 19.5 Å². The molecule has 1 aromatic heterocycles. The first kappa shape index (κ1) is 27.0. The van der Waals surface area contributed by atoms with Crippen LogP contribution in [0.4, 0.5) is 0 Å². The number of aromatic nitrogens is 1. The molecular formula is C32H39NO3S. The quantitative estimate of drug-likeness (QED) is 0.167. The fourth-order valence-corrected chi connectivity index (χ4v) is 6.58. The summed E-state index contributed by atoms with van der Waals surface area (Å²) in [4.78, 5) is 0.319. The van der Waals surface area contributed by atoms with E-state index in [0.717, 1.165) is 58.3 Å². The molecule has 0 bridgehead atoms. The third kappa shape index (κ3) is 6.27. The maximum atomic E-state index is 14.0. The number of methoxy groups -OCH3 is 1. The number of rotatable bonds is 13. The summed E-state index contributed by atoms with van der Waals surface area (Å²) >= 11 is 0. The Morgan fingerprint density at radius 2 is 1.46 bits per heavy atom. The number of fused-ring (bicyclic) bond motifs is 1. The molecule has 0 fully saturated rings. The van der Waals surface area contributed by atoms with Gasteiger partial charge in [-0.25, -0.2) is 12.4 Å². The molecule has 0 aliphatic carbocycles. The molecule has 3 aromatic carbocycles. The van der Waals surface area contributed by atoms with Crippen molar-refractivity contribution < 1.29 is 13.2 Å². The van der Waals surface area contributed by atoms with Gasteiger partial charge in [-0.1, -0.05) is 93.8 Å². The molecule has 0 atom stereocenters. The first-order chi connectivity index (χ1) is 18.0. The van der Waals surface area contributed by atoms with E-state index in [2.05, 4.69) is 19.1 Å². The topological polar surface area (TPSA) is 48.3 Å². The highest BCUT2D eigenvalue weighted by Crippen LogP contribution is 2.35. The van der Waals surface area contributed by atoms with Gasteiger partial charge in [-0.3, -0.25) is 0 Å². The lowest BCUT2D eigenvalue weighted by Gasteiger charge is -2.13. The van der Waals surface area contributed by atoms with E-state index in [0.29, 0.717) is 4.90 Å². The summed E-state index contributed by atoms with van der Waals surface area (Å²) in [5.41, 5.74) is 4.61. The smallest absolute Gasteiger partial charge is 0.268 e. The fraction of sp³-hybridized carbons (Fsp3) is 0.375. The molecule has 0 N–H and O–H groups in total. The van der Waals surface area contributed by atoms with Gasteiger partial charge < -0.3 is 4.74 Å². The largest absolute Gasteiger partial charge is 0.497 e. The Morgan fingerprint density at radius 3 is 2.16 bits per heavy atom. The van der Waals surface area contributed by atoms with Crippen LogP contribution in [0, 0.1) is 6.92 Å². The zero-order valence-electron chi connectivity index (χ0n) is 22.4. The molecular weight excluding hydrogens is 478 g/mol. The molecule has 4 nitrogen and oxygen atoms in total. The standard InChI is InChI=1S/C32H39NO3S/c1-4-5-6-7-8-9-10-11-15-27-24-31-30(26-14-12-16-28(23-26)36-3)17-13-18-32(31)33(27)37(34,35)29-21-19-25(2)20-22-29/h12-14,16-24H,4-11,15H2,1-3H3. The molecule has 5 heteroatoms. The third-order valence-corrected chi connectivity index (χ3v) is 8.88. The van der Waals surface area contributed by atoms with Gasteiger partial charge in [-0.2, -0.15) is 0 Å². The Bertz CT molecular complexity index is 1420. The van der Waals surface area contributed by atoms with Crippen LogP contribution in [0.25, 0.3) is 22.0 Å². The van der Waals surface area contributed by atoms with Crippen LogP contribution in [0.3, 0.4) is 0 Å². The highest BCUT2D eigenvalue weighted by Gasteiger charge is 2.24. The Balaban J connectivity index is 1.71. The monoisotopic (exact) mass is 517 g/mol. The van der Waals surface area contributed by atoms with E-state index in [1.165, 1.54) is 38.5 Å². The number of unbranched alkanes of at least 4 members (excludes halogenated alkanes) is 7. The van der Waals surface area contributed by atoms with Gasteiger partial charge in [0, 0.05) is 11.1 Å². The van der Waals surface area contributed by atoms with Gasteiger partial charge in [0.25, 0.3) is 10.0 Å². The van der Waals surface area contributed by atoms with E-state index in [1.807, 2.05) is 55.5 Å². The summed E-state index contributed by atoms with van der Waals surface area (Å²) in [6.07, 6.45) is 10.4. The molecule has 4 aromatic rings. The van der Waals surface area contributed by atoms with Crippen molar-refractivity contribution >= 4 is 20.9 Å². The van der Waals surface area contributed by atoms with E-state index in [9.17, 15) is 8.42 Å². The molecule has 0 unspecified atom stereocenters. The van der Waals surface area contributed by atoms with Crippen LogP contribution < -0.4 is 4.74 Å². The molecule has 1 heterocycles. The molecule has 4 rings (SSSR count). The Morgan fingerprint density at radius 1 is 0.784 bits per heavy atom. The molecule has 0 saturated heterocycles. The van der Waals surface area contributed by atoms with Gasteiger partial charge in [0.2, 0.25) is 0 Å². The molecule has 0 aliphatic rings. The van der Waals surface area contributed by atoms with E-state index in [4.69, 9.17) is 4.74 Å². The second-order valence-corrected chi connectivity index (χ2v) is 11.7. The summed E-state index contributed by atoms with van der Waals surface area (Å²) in [5.74, 6) is 0.778. The number of hydrogen-bond acceptors (Lipinski definition) is 3. The summed E-state index contributed by atoms with van der Waals surface area (Å²) in [6, 6.07) is 23.1. The number of benzene rings is 3.